The number of ether oxygens (including phenoxy) is 2. The molecule has 118 valence electrons. The van der Waals surface area contributed by atoms with Crippen molar-refractivity contribution in [1.29, 1.82) is 0 Å². The maximum atomic E-state index is 11.7. The molecule has 1 rings (SSSR count). The summed E-state index contributed by atoms with van der Waals surface area (Å²) in [6.45, 7) is 1.60. The summed E-state index contributed by atoms with van der Waals surface area (Å²) in [7, 11) is -0.452. The Kier molecular flexibility index (Phi) is 5.47. The zero-order chi connectivity index (χ0) is 16.2. The van der Waals surface area contributed by atoms with Crippen LogP contribution in [0.15, 0.2) is 6.07 Å². The summed E-state index contributed by atoms with van der Waals surface area (Å²) in [5, 5.41) is 0. The number of nitrogens with zero attached hydrogens (tertiary/aromatic N) is 2. The van der Waals surface area contributed by atoms with Crippen molar-refractivity contribution < 1.29 is 22.7 Å². The topological polar surface area (TPSA) is 121 Å². The Morgan fingerprint density at radius 3 is 2.10 bits per heavy atom. The van der Waals surface area contributed by atoms with Crippen LogP contribution in [0, 0.1) is 5.92 Å². The van der Waals surface area contributed by atoms with Crippen molar-refractivity contribution in [2.24, 2.45) is 11.7 Å². The van der Waals surface area contributed by atoms with Crippen molar-refractivity contribution in [3.63, 3.8) is 0 Å². The van der Waals surface area contributed by atoms with Crippen LogP contribution in [0.3, 0.4) is 0 Å². The molecule has 0 saturated carbocycles. The van der Waals surface area contributed by atoms with Crippen molar-refractivity contribution in [3.05, 3.63) is 11.9 Å². The van der Waals surface area contributed by atoms with Crippen LogP contribution in [-0.4, -0.2) is 50.5 Å². The number of carbonyl (C=O) groups is 1. The molecule has 21 heavy (non-hydrogen) atoms. The number of aromatic nitrogens is 2. The maximum Gasteiger partial charge on any atom is 0.228 e. The second-order valence-corrected chi connectivity index (χ2v) is 6.95. The number of methoxy groups -OCH3 is 2. The quantitative estimate of drug-likeness (QED) is 0.735. The van der Waals surface area contributed by atoms with E-state index in [-0.39, 0.29) is 23.3 Å². The molecule has 8 nitrogen and oxygen atoms in total. The predicted molar refractivity (Wildman–Crippen MR) is 75.9 cm³/mol. The lowest BCUT2D eigenvalue weighted by Gasteiger charge is -2.19. The SMILES string of the molecule is COc1cc(OC)nc(C(C(N)=O)C(C)CS(C)(=O)=O)n1. The zero-order valence-corrected chi connectivity index (χ0v) is 13.2. The molecule has 2 atom stereocenters. The molecule has 1 amide bonds. The van der Waals surface area contributed by atoms with Crippen molar-refractivity contribution in [2.45, 2.75) is 12.8 Å². The fourth-order valence-corrected chi connectivity index (χ4v) is 3.15. The van der Waals surface area contributed by atoms with E-state index in [4.69, 9.17) is 15.2 Å². The van der Waals surface area contributed by atoms with Crippen molar-refractivity contribution in [3.8, 4) is 11.8 Å². The van der Waals surface area contributed by atoms with Gasteiger partial charge in [0.15, 0.2) is 0 Å². The van der Waals surface area contributed by atoms with Gasteiger partial charge in [0.25, 0.3) is 0 Å². The highest BCUT2D eigenvalue weighted by atomic mass is 32.2. The fraction of sp³-hybridized carbons (Fsp3) is 0.583. The minimum absolute atomic E-state index is 0.0786. The molecule has 1 aromatic rings. The lowest BCUT2D eigenvalue weighted by molar-refractivity contribution is -0.120. The molecule has 0 bridgehead atoms. The summed E-state index contributed by atoms with van der Waals surface area (Å²) in [6.07, 6.45) is 1.09. The molecule has 1 aromatic heterocycles. The van der Waals surface area contributed by atoms with E-state index in [1.807, 2.05) is 0 Å². The van der Waals surface area contributed by atoms with Crippen molar-refractivity contribution in [1.82, 2.24) is 9.97 Å². The first-order valence-electron chi connectivity index (χ1n) is 6.12. The summed E-state index contributed by atoms with van der Waals surface area (Å²) in [5.41, 5.74) is 5.38. The zero-order valence-electron chi connectivity index (χ0n) is 12.4. The highest BCUT2D eigenvalue weighted by Gasteiger charge is 2.31. The molecule has 0 saturated heterocycles. The van der Waals surface area contributed by atoms with E-state index in [1.54, 1.807) is 6.92 Å². The highest BCUT2D eigenvalue weighted by molar-refractivity contribution is 7.90. The summed E-state index contributed by atoms with van der Waals surface area (Å²) >= 11 is 0. The number of carbonyl (C=O) groups excluding carboxylic acids is 1. The predicted octanol–water partition coefficient (Wildman–Crippen LogP) is -0.257. The first-order chi connectivity index (χ1) is 9.67. The number of rotatable bonds is 7. The van der Waals surface area contributed by atoms with Crippen molar-refractivity contribution >= 4 is 15.7 Å². The third kappa shape index (κ3) is 4.85. The number of amides is 1. The van der Waals surface area contributed by atoms with E-state index in [0.717, 1.165) is 6.26 Å². The van der Waals surface area contributed by atoms with E-state index in [1.165, 1.54) is 20.3 Å². The standard InChI is InChI=1S/C12H19N3O5S/c1-7(6-21(4,17)18)10(11(13)16)12-14-8(19-2)5-9(15-12)20-3/h5,7,10H,6H2,1-4H3,(H2,13,16). The van der Waals surface area contributed by atoms with Crippen LogP contribution >= 0.6 is 0 Å². The number of sulfone groups is 1. The molecule has 1 heterocycles. The van der Waals surface area contributed by atoms with Crippen LogP contribution in [0.5, 0.6) is 11.8 Å². The molecule has 0 aromatic carbocycles. The van der Waals surface area contributed by atoms with Gasteiger partial charge in [-0.1, -0.05) is 6.92 Å². The van der Waals surface area contributed by atoms with Crippen LogP contribution in [0.1, 0.15) is 18.7 Å². The normalized spacial score (nSPS) is 14.3. The third-order valence-corrected chi connectivity index (χ3v) is 3.97. The summed E-state index contributed by atoms with van der Waals surface area (Å²) < 4.78 is 32.8. The Morgan fingerprint density at radius 1 is 1.29 bits per heavy atom. The molecule has 0 radical (unpaired) electrons. The third-order valence-electron chi connectivity index (χ3n) is 2.83. The van der Waals surface area contributed by atoms with Gasteiger partial charge < -0.3 is 15.2 Å². The van der Waals surface area contributed by atoms with Crippen LogP contribution in [0.2, 0.25) is 0 Å². The van der Waals surface area contributed by atoms with Crippen LogP contribution in [0.4, 0.5) is 0 Å². The van der Waals surface area contributed by atoms with Crippen LogP contribution in [-0.2, 0) is 14.6 Å². The summed E-state index contributed by atoms with van der Waals surface area (Å²) in [4.78, 5) is 19.8. The number of nitrogens with two attached hydrogens (primary N) is 1. The lowest BCUT2D eigenvalue weighted by Crippen LogP contribution is -2.31. The smallest absolute Gasteiger partial charge is 0.228 e. The minimum Gasteiger partial charge on any atom is -0.481 e. The average molecular weight is 317 g/mol. The van der Waals surface area contributed by atoms with Gasteiger partial charge in [0.05, 0.1) is 26.0 Å². The molecule has 2 N–H and O–H groups in total. The number of hydrogen-bond acceptors (Lipinski definition) is 7. The first kappa shape index (κ1) is 17.2. The Labute approximate surface area is 123 Å². The Morgan fingerprint density at radius 2 is 1.76 bits per heavy atom. The molecule has 0 fully saturated rings. The Bertz CT molecular complexity index is 595. The van der Waals surface area contributed by atoms with Gasteiger partial charge in [0, 0.05) is 6.26 Å². The first-order valence-corrected chi connectivity index (χ1v) is 8.18. The van der Waals surface area contributed by atoms with Gasteiger partial charge in [0.1, 0.15) is 21.6 Å². The van der Waals surface area contributed by atoms with Crippen molar-refractivity contribution in [2.75, 3.05) is 26.2 Å². The Hall–Kier alpha value is -1.90. The number of primary amides is 1. The van der Waals surface area contributed by atoms with E-state index in [2.05, 4.69) is 9.97 Å². The van der Waals surface area contributed by atoms with Gasteiger partial charge >= 0.3 is 0 Å². The van der Waals surface area contributed by atoms with E-state index in [9.17, 15) is 13.2 Å². The largest absolute Gasteiger partial charge is 0.481 e. The maximum absolute atomic E-state index is 11.7. The van der Waals surface area contributed by atoms with Crippen LogP contribution in [0.25, 0.3) is 0 Å². The monoisotopic (exact) mass is 317 g/mol. The molecular weight excluding hydrogens is 298 g/mol. The minimum atomic E-state index is -3.27. The molecule has 0 aliphatic rings. The van der Waals surface area contributed by atoms with Gasteiger partial charge in [-0.05, 0) is 5.92 Å². The summed E-state index contributed by atoms with van der Waals surface area (Å²) in [5.74, 6) is -1.96. The van der Waals surface area contributed by atoms with Gasteiger partial charge in [-0.2, -0.15) is 9.97 Å². The van der Waals surface area contributed by atoms with E-state index in [0.29, 0.717) is 0 Å². The average Bonchev–Trinajstić information content (AvgIpc) is 2.35. The van der Waals surface area contributed by atoms with Crippen LogP contribution < -0.4 is 15.2 Å². The molecule has 2 unspecified atom stereocenters. The second kappa shape index (κ2) is 6.70. The van der Waals surface area contributed by atoms with Gasteiger partial charge in [0.2, 0.25) is 17.7 Å². The second-order valence-electron chi connectivity index (χ2n) is 4.76. The molecule has 0 aliphatic heterocycles. The fourth-order valence-electron chi connectivity index (χ4n) is 2.01. The van der Waals surface area contributed by atoms with Gasteiger partial charge in [-0.15, -0.1) is 0 Å². The summed E-state index contributed by atoms with van der Waals surface area (Å²) in [6, 6.07) is 1.45. The number of hydrogen-bond donors (Lipinski definition) is 1. The molecular formula is C12H19N3O5S. The highest BCUT2D eigenvalue weighted by Crippen LogP contribution is 2.26. The van der Waals surface area contributed by atoms with Gasteiger partial charge in [-0.25, -0.2) is 8.42 Å². The molecule has 0 spiro atoms. The lowest BCUT2D eigenvalue weighted by atomic mass is 9.94. The van der Waals surface area contributed by atoms with E-state index >= 15 is 0 Å². The Balaban J connectivity index is 3.25. The molecule has 9 heteroatoms. The van der Waals surface area contributed by atoms with E-state index < -0.39 is 27.6 Å². The molecule has 0 aliphatic carbocycles. The van der Waals surface area contributed by atoms with Gasteiger partial charge in [-0.3, -0.25) is 4.79 Å².